The van der Waals surface area contributed by atoms with Crippen LogP contribution in [-0.4, -0.2) is 15.6 Å². The highest BCUT2D eigenvalue weighted by Crippen LogP contribution is 2.19. The molecule has 0 aliphatic rings. The molecule has 0 fully saturated rings. The van der Waals surface area contributed by atoms with Gasteiger partial charge >= 0.3 is 0 Å². The minimum atomic E-state index is -0.234. The van der Waals surface area contributed by atoms with E-state index in [1.165, 1.54) is 12.1 Å². The van der Waals surface area contributed by atoms with Crippen molar-refractivity contribution in [2.45, 2.75) is 19.5 Å². The molecule has 1 unspecified atom stereocenters. The first kappa shape index (κ1) is 10.8. The van der Waals surface area contributed by atoms with Crippen molar-refractivity contribution in [2.75, 3.05) is 0 Å². The summed E-state index contributed by atoms with van der Waals surface area (Å²) in [4.78, 5) is 4.09. The van der Waals surface area contributed by atoms with E-state index >= 15 is 0 Å². The minimum Gasteiger partial charge on any atom is -0.329 e. The van der Waals surface area contributed by atoms with Crippen LogP contribution < -0.4 is 5.73 Å². The third-order valence-corrected chi connectivity index (χ3v) is 2.34. The number of rotatable bonds is 3. The van der Waals surface area contributed by atoms with Crippen LogP contribution in [0.25, 0.3) is 11.3 Å². The van der Waals surface area contributed by atoms with Gasteiger partial charge in [0.15, 0.2) is 0 Å². The molecular weight excluding hydrogens is 205 g/mol. The Bertz CT molecular complexity index is 459. The molecule has 2 aromatic rings. The summed E-state index contributed by atoms with van der Waals surface area (Å²) in [5, 5.41) is 0. The van der Waals surface area contributed by atoms with Crippen LogP contribution in [0.15, 0.2) is 36.8 Å². The van der Waals surface area contributed by atoms with Gasteiger partial charge in [-0.05, 0) is 36.8 Å². The van der Waals surface area contributed by atoms with E-state index in [2.05, 4.69) is 4.98 Å². The SMILES string of the molecule is CC(N)Cn1cncc1-c1ccc(F)cc1. The molecular formula is C12H14FN3. The van der Waals surface area contributed by atoms with Crippen LogP contribution in [0.2, 0.25) is 0 Å². The Hall–Kier alpha value is -1.68. The van der Waals surface area contributed by atoms with E-state index in [1.54, 1.807) is 24.7 Å². The molecule has 1 aromatic heterocycles. The predicted molar refractivity (Wildman–Crippen MR) is 61.3 cm³/mol. The van der Waals surface area contributed by atoms with Gasteiger partial charge in [0.1, 0.15) is 5.82 Å². The van der Waals surface area contributed by atoms with Gasteiger partial charge in [-0.25, -0.2) is 9.37 Å². The van der Waals surface area contributed by atoms with Crippen molar-refractivity contribution < 1.29 is 4.39 Å². The van der Waals surface area contributed by atoms with Crippen LogP contribution >= 0.6 is 0 Å². The minimum absolute atomic E-state index is 0.0633. The van der Waals surface area contributed by atoms with Gasteiger partial charge in [0.05, 0.1) is 18.2 Å². The normalized spacial score (nSPS) is 12.7. The number of nitrogens with zero attached hydrogens (tertiary/aromatic N) is 2. The lowest BCUT2D eigenvalue weighted by molar-refractivity contribution is 0.593. The molecule has 2 rings (SSSR count). The van der Waals surface area contributed by atoms with Gasteiger partial charge < -0.3 is 10.3 Å². The van der Waals surface area contributed by atoms with Crippen LogP contribution in [0.5, 0.6) is 0 Å². The highest BCUT2D eigenvalue weighted by Gasteiger charge is 2.06. The van der Waals surface area contributed by atoms with Crippen LogP contribution in [-0.2, 0) is 6.54 Å². The van der Waals surface area contributed by atoms with Gasteiger partial charge in [0.2, 0.25) is 0 Å². The molecule has 0 saturated heterocycles. The monoisotopic (exact) mass is 219 g/mol. The molecule has 1 heterocycles. The van der Waals surface area contributed by atoms with Crippen LogP contribution in [0.1, 0.15) is 6.92 Å². The summed E-state index contributed by atoms with van der Waals surface area (Å²) < 4.78 is 14.8. The van der Waals surface area contributed by atoms with E-state index in [1.807, 2.05) is 11.5 Å². The predicted octanol–water partition coefficient (Wildman–Crippen LogP) is 2.04. The van der Waals surface area contributed by atoms with Gasteiger partial charge in [-0.3, -0.25) is 0 Å². The second-order valence-corrected chi connectivity index (χ2v) is 3.92. The molecule has 4 heteroatoms. The smallest absolute Gasteiger partial charge is 0.123 e. The first-order chi connectivity index (χ1) is 7.66. The third-order valence-electron chi connectivity index (χ3n) is 2.34. The van der Waals surface area contributed by atoms with E-state index in [0.29, 0.717) is 6.54 Å². The molecule has 0 amide bonds. The maximum absolute atomic E-state index is 12.8. The molecule has 1 aromatic carbocycles. The number of hydrogen-bond acceptors (Lipinski definition) is 2. The van der Waals surface area contributed by atoms with Crippen LogP contribution in [0.3, 0.4) is 0 Å². The zero-order valence-electron chi connectivity index (χ0n) is 9.10. The second-order valence-electron chi connectivity index (χ2n) is 3.92. The molecule has 1 atom stereocenters. The summed E-state index contributed by atoms with van der Waals surface area (Å²) in [6.45, 7) is 2.64. The largest absolute Gasteiger partial charge is 0.329 e. The number of aromatic nitrogens is 2. The highest BCUT2D eigenvalue weighted by molar-refractivity contribution is 5.58. The Morgan fingerprint density at radius 3 is 2.69 bits per heavy atom. The molecule has 16 heavy (non-hydrogen) atoms. The maximum Gasteiger partial charge on any atom is 0.123 e. The summed E-state index contributed by atoms with van der Waals surface area (Å²) >= 11 is 0. The first-order valence-corrected chi connectivity index (χ1v) is 5.18. The van der Waals surface area contributed by atoms with Crippen molar-refractivity contribution in [2.24, 2.45) is 5.73 Å². The number of nitrogens with two attached hydrogens (primary N) is 1. The molecule has 3 nitrogen and oxygen atoms in total. The van der Waals surface area contributed by atoms with Crippen molar-refractivity contribution in [1.29, 1.82) is 0 Å². The Labute approximate surface area is 93.7 Å². The van der Waals surface area contributed by atoms with Crippen molar-refractivity contribution in [3.05, 3.63) is 42.6 Å². The maximum atomic E-state index is 12.8. The van der Waals surface area contributed by atoms with Gasteiger partial charge in [-0.15, -0.1) is 0 Å². The lowest BCUT2D eigenvalue weighted by Gasteiger charge is -2.10. The van der Waals surface area contributed by atoms with Gasteiger partial charge in [0, 0.05) is 12.6 Å². The zero-order chi connectivity index (χ0) is 11.5. The molecule has 0 radical (unpaired) electrons. The Morgan fingerprint density at radius 1 is 1.38 bits per heavy atom. The zero-order valence-corrected chi connectivity index (χ0v) is 9.10. The average Bonchev–Trinajstić information content (AvgIpc) is 2.66. The van der Waals surface area contributed by atoms with Gasteiger partial charge in [-0.1, -0.05) is 0 Å². The molecule has 84 valence electrons. The summed E-state index contributed by atoms with van der Waals surface area (Å²) in [5.74, 6) is -0.234. The summed E-state index contributed by atoms with van der Waals surface area (Å²) in [5.41, 5.74) is 7.65. The van der Waals surface area contributed by atoms with Crippen molar-refractivity contribution in [3.63, 3.8) is 0 Å². The van der Waals surface area contributed by atoms with E-state index in [4.69, 9.17) is 5.73 Å². The van der Waals surface area contributed by atoms with E-state index in [9.17, 15) is 4.39 Å². The molecule has 0 aliphatic carbocycles. The fraction of sp³-hybridized carbons (Fsp3) is 0.250. The fourth-order valence-corrected chi connectivity index (χ4v) is 1.64. The molecule has 2 N–H and O–H groups in total. The van der Waals surface area contributed by atoms with Crippen LogP contribution in [0.4, 0.5) is 4.39 Å². The summed E-state index contributed by atoms with van der Waals surface area (Å²) in [7, 11) is 0. The second kappa shape index (κ2) is 4.45. The summed E-state index contributed by atoms with van der Waals surface area (Å²) in [6.07, 6.45) is 3.50. The number of benzene rings is 1. The summed E-state index contributed by atoms with van der Waals surface area (Å²) in [6, 6.07) is 6.43. The molecule has 0 aliphatic heterocycles. The number of hydrogen-bond donors (Lipinski definition) is 1. The topological polar surface area (TPSA) is 43.8 Å². The quantitative estimate of drug-likeness (QED) is 0.858. The molecule has 0 saturated carbocycles. The van der Waals surface area contributed by atoms with E-state index < -0.39 is 0 Å². The standard InChI is InChI=1S/C12H14FN3/c1-9(14)7-16-8-15-6-12(16)10-2-4-11(13)5-3-10/h2-6,8-9H,7,14H2,1H3. The van der Waals surface area contributed by atoms with Crippen molar-refractivity contribution in [1.82, 2.24) is 9.55 Å². The molecule has 0 bridgehead atoms. The molecule has 0 spiro atoms. The lowest BCUT2D eigenvalue weighted by Crippen LogP contribution is -2.22. The van der Waals surface area contributed by atoms with Gasteiger partial charge in [-0.2, -0.15) is 0 Å². The first-order valence-electron chi connectivity index (χ1n) is 5.18. The van der Waals surface area contributed by atoms with Crippen molar-refractivity contribution in [3.8, 4) is 11.3 Å². The van der Waals surface area contributed by atoms with Crippen molar-refractivity contribution >= 4 is 0 Å². The number of imidazole rings is 1. The number of halogens is 1. The Morgan fingerprint density at radius 2 is 2.06 bits per heavy atom. The average molecular weight is 219 g/mol. The van der Waals surface area contributed by atoms with E-state index in [-0.39, 0.29) is 11.9 Å². The van der Waals surface area contributed by atoms with Gasteiger partial charge in [0.25, 0.3) is 0 Å². The fourth-order valence-electron chi connectivity index (χ4n) is 1.64. The Balaban J connectivity index is 2.33. The third kappa shape index (κ3) is 2.28. The lowest BCUT2D eigenvalue weighted by atomic mass is 10.1. The highest BCUT2D eigenvalue weighted by atomic mass is 19.1. The van der Waals surface area contributed by atoms with Crippen LogP contribution in [0, 0.1) is 5.82 Å². The van der Waals surface area contributed by atoms with E-state index in [0.717, 1.165) is 11.3 Å². The Kier molecular flexibility index (Phi) is 3.01.